The van der Waals surface area contributed by atoms with E-state index < -0.39 is 0 Å². The maximum Gasteiger partial charge on any atom is 0.161 e. The van der Waals surface area contributed by atoms with Crippen LogP contribution in [0.25, 0.3) is 0 Å². The Bertz CT molecular complexity index is 441. The van der Waals surface area contributed by atoms with Gasteiger partial charge >= 0.3 is 0 Å². The lowest BCUT2D eigenvalue weighted by Crippen LogP contribution is -2.33. The molecule has 20 heavy (non-hydrogen) atoms. The molecule has 3 rings (SSSR count). The molecule has 1 aromatic carbocycles. The van der Waals surface area contributed by atoms with Crippen LogP contribution < -0.4 is 14.8 Å². The summed E-state index contributed by atoms with van der Waals surface area (Å²) in [7, 11) is 0. The van der Waals surface area contributed by atoms with Gasteiger partial charge in [-0.25, -0.2) is 0 Å². The number of nitrogens with one attached hydrogen (secondary N) is 1. The van der Waals surface area contributed by atoms with Gasteiger partial charge in [-0.3, -0.25) is 0 Å². The first-order chi connectivity index (χ1) is 9.83. The van der Waals surface area contributed by atoms with Gasteiger partial charge in [-0.15, -0.1) is 0 Å². The number of rotatable bonds is 3. The summed E-state index contributed by atoms with van der Waals surface area (Å²) in [5, 5.41) is 3.76. The first kappa shape index (κ1) is 13.7. The highest BCUT2D eigenvalue weighted by atomic mass is 16.5. The van der Waals surface area contributed by atoms with Crippen LogP contribution >= 0.6 is 0 Å². The summed E-state index contributed by atoms with van der Waals surface area (Å²) in [6.45, 7) is 3.75. The van der Waals surface area contributed by atoms with E-state index in [-0.39, 0.29) is 0 Å². The van der Waals surface area contributed by atoms with Gasteiger partial charge in [-0.05, 0) is 37.5 Å². The monoisotopic (exact) mass is 275 g/mol. The maximum absolute atomic E-state index is 5.78. The second-order valence-corrected chi connectivity index (χ2v) is 5.98. The molecule has 0 bridgehead atoms. The van der Waals surface area contributed by atoms with Crippen LogP contribution in [0.3, 0.4) is 0 Å². The fourth-order valence-electron chi connectivity index (χ4n) is 3.17. The zero-order valence-electron chi connectivity index (χ0n) is 12.4. The fraction of sp³-hybridized carbons (Fsp3) is 0.647. The van der Waals surface area contributed by atoms with Crippen molar-refractivity contribution in [3.63, 3.8) is 0 Å². The highest BCUT2D eigenvalue weighted by molar-refractivity contribution is 5.44. The summed E-state index contributed by atoms with van der Waals surface area (Å²) in [6, 6.07) is 7.40. The quantitative estimate of drug-likeness (QED) is 0.909. The van der Waals surface area contributed by atoms with Crippen LogP contribution in [0.1, 0.15) is 57.1 Å². The molecule has 0 aromatic heterocycles. The molecule has 1 aromatic rings. The molecule has 0 radical (unpaired) electrons. The van der Waals surface area contributed by atoms with E-state index in [2.05, 4.69) is 30.4 Å². The Morgan fingerprint density at radius 2 is 1.75 bits per heavy atom. The van der Waals surface area contributed by atoms with E-state index in [1.54, 1.807) is 0 Å². The molecule has 110 valence electrons. The van der Waals surface area contributed by atoms with Gasteiger partial charge in [0.05, 0.1) is 13.2 Å². The van der Waals surface area contributed by atoms with Crippen LogP contribution in [0.2, 0.25) is 0 Å². The Balaban J connectivity index is 1.67. The molecule has 0 saturated heterocycles. The van der Waals surface area contributed by atoms with E-state index in [1.807, 2.05) is 0 Å². The normalized spacial score (nSPS) is 21.2. The molecule has 1 atom stereocenters. The third-order valence-electron chi connectivity index (χ3n) is 4.36. The minimum Gasteiger partial charge on any atom is -0.490 e. The number of hydrogen-bond donors (Lipinski definition) is 1. The Hall–Kier alpha value is -1.22. The Kier molecular flexibility index (Phi) is 4.46. The third-order valence-corrected chi connectivity index (χ3v) is 4.36. The molecule has 1 N–H and O–H groups in total. The molecular weight excluding hydrogens is 250 g/mol. The highest BCUT2D eigenvalue weighted by Crippen LogP contribution is 2.32. The van der Waals surface area contributed by atoms with E-state index >= 15 is 0 Å². The van der Waals surface area contributed by atoms with Crippen molar-refractivity contribution in [1.82, 2.24) is 5.32 Å². The van der Waals surface area contributed by atoms with Crippen LogP contribution in [0.5, 0.6) is 11.5 Å². The number of hydrogen-bond acceptors (Lipinski definition) is 3. The topological polar surface area (TPSA) is 30.5 Å². The minimum atomic E-state index is 0.371. The molecule has 1 aliphatic heterocycles. The van der Waals surface area contributed by atoms with E-state index in [0.717, 1.165) is 31.1 Å². The molecular formula is C17H25NO2. The zero-order chi connectivity index (χ0) is 13.8. The van der Waals surface area contributed by atoms with E-state index in [9.17, 15) is 0 Å². The summed E-state index contributed by atoms with van der Waals surface area (Å²) in [5.74, 6) is 1.79. The molecule has 1 heterocycles. The second kappa shape index (κ2) is 6.49. The largest absolute Gasteiger partial charge is 0.490 e. The van der Waals surface area contributed by atoms with E-state index in [1.165, 1.54) is 37.7 Å². The Morgan fingerprint density at radius 3 is 2.55 bits per heavy atom. The smallest absolute Gasteiger partial charge is 0.161 e. The summed E-state index contributed by atoms with van der Waals surface area (Å²) >= 11 is 0. The van der Waals surface area contributed by atoms with Gasteiger partial charge in [0.25, 0.3) is 0 Å². The Morgan fingerprint density at radius 1 is 1.00 bits per heavy atom. The molecule has 0 amide bonds. The SMILES string of the molecule is CC(NC1CCCCC1)c1ccc2c(c1)OCCCO2. The van der Waals surface area contributed by atoms with Crippen molar-refractivity contribution in [2.45, 2.75) is 57.5 Å². The lowest BCUT2D eigenvalue weighted by molar-refractivity contribution is 0.296. The first-order valence-electron chi connectivity index (χ1n) is 7.98. The van der Waals surface area contributed by atoms with E-state index in [4.69, 9.17) is 9.47 Å². The third kappa shape index (κ3) is 3.26. The van der Waals surface area contributed by atoms with Crippen molar-refractivity contribution in [2.75, 3.05) is 13.2 Å². The molecule has 3 nitrogen and oxygen atoms in total. The van der Waals surface area contributed by atoms with Crippen molar-refractivity contribution in [3.05, 3.63) is 23.8 Å². The summed E-state index contributed by atoms with van der Waals surface area (Å²) in [5.41, 5.74) is 1.29. The molecule has 0 spiro atoms. The molecule has 1 unspecified atom stereocenters. The second-order valence-electron chi connectivity index (χ2n) is 5.98. The zero-order valence-corrected chi connectivity index (χ0v) is 12.4. The van der Waals surface area contributed by atoms with Crippen molar-refractivity contribution in [1.29, 1.82) is 0 Å². The van der Waals surface area contributed by atoms with Crippen LogP contribution in [-0.2, 0) is 0 Å². The summed E-state index contributed by atoms with van der Waals surface area (Å²) in [6.07, 6.45) is 7.72. The lowest BCUT2D eigenvalue weighted by atomic mass is 9.94. The van der Waals surface area contributed by atoms with Gasteiger partial charge in [-0.2, -0.15) is 0 Å². The average molecular weight is 275 g/mol. The van der Waals surface area contributed by atoms with Crippen molar-refractivity contribution in [3.8, 4) is 11.5 Å². The van der Waals surface area contributed by atoms with Crippen LogP contribution in [0.15, 0.2) is 18.2 Å². The maximum atomic E-state index is 5.78. The number of benzene rings is 1. The van der Waals surface area contributed by atoms with Gasteiger partial charge in [-0.1, -0.05) is 25.3 Å². The molecule has 1 saturated carbocycles. The molecule has 2 aliphatic rings. The van der Waals surface area contributed by atoms with Crippen LogP contribution in [-0.4, -0.2) is 19.3 Å². The number of ether oxygens (including phenoxy) is 2. The predicted molar refractivity (Wildman–Crippen MR) is 80.5 cm³/mol. The van der Waals surface area contributed by atoms with Gasteiger partial charge in [0.15, 0.2) is 11.5 Å². The standard InChI is InChI=1S/C17H25NO2/c1-13(18-15-6-3-2-4-7-15)14-8-9-16-17(12-14)20-11-5-10-19-16/h8-9,12-13,15,18H,2-7,10-11H2,1H3. The van der Waals surface area contributed by atoms with Crippen LogP contribution in [0.4, 0.5) is 0 Å². The lowest BCUT2D eigenvalue weighted by Gasteiger charge is -2.27. The van der Waals surface area contributed by atoms with Crippen LogP contribution in [0, 0.1) is 0 Å². The highest BCUT2D eigenvalue weighted by Gasteiger charge is 2.18. The summed E-state index contributed by atoms with van der Waals surface area (Å²) < 4.78 is 11.5. The van der Waals surface area contributed by atoms with Crippen molar-refractivity contribution < 1.29 is 9.47 Å². The first-order valence-corrected chi connectivity index (χ1v) is 7.98. The van der Waals surface area contributed by atoms with E-state index in [0.29, 0.717) is 12.1 Å². The average Bonchev–Trinajstić information content (AvgIpc) is 2.72. The fourth-order valence-corrected chi connectivity index (χ4v) is 3.17. The van der Waals surface area contributed by atoms with Gasteiger partial charge in [0.2, 0.25) is 0 Å². The molecule has 1 fully saturated rings. The number of fused-ring (bicyclic) bond motifs is 1. The van der Waals surface area contributed by atoms with Gasteiger partial charge in [0, 0.05) is 18.5 Å². The van der Waals surface area contributed by atoms with Gasteiger partial charge in [0.1, 0.15) is 0 Å². The molecule has 3 heteroatoms. The predicted octanol–water partition coefficient (Wildman–Crippen LogP) is 3.83. The Labute approximate surface area is 121 Å². The van der Waals surface area contributed by atoms with Gasteiger partial charge < -0.3 is 14.8 Å². The van der Waals surface area contributed by atoms with Crippen molar-refractivity contribution >= 4 is 0 Å². The summed E-state index contributed by atoms with van der Waals surface area (Å²) in [4.78, 5) is 0. The van der Waals surface area contributed by atoms with Crippen molar-refractivity contribution in [2.24, 2.45) is 0 Å². The molecule has 1 aliphatic carbocycles. The minimum absolute atomic E-state index is 0.371.